The van der Waals surface area contributed by atoms with Gasteiger partial charge in [0.15, 0.2) is 0 Å². The Balaban J connectivity index is 2.46. The number of rotatable bonds is 5. The summed E-state index contributed by atoms with van der Waals surface area (Å²) in [6.07, 6.45) is -4.82. The molecular formula is C12H12F3NO3. The molecule has 1 amide bonds. The largest absolute Gasteiger partial charge is 0.481 e. The maximum atomic E-state index is 12.3. The lowest BCUT2D eigenvalue weighted by atomic mass is 10.1. The van der Waals surface area contributed by atoms with Crippen molar-refractivity contribution in [2.45, 2.75) is 25.6 Å². The molecule has 1 aromatic rings. The Hall–Kier alpha value is -2.05. The third-order valence-electron chi connectivity index (χ3n) is 2.34. The van der Waals surface area contributed by atoms with Crippen LogP contribution in [-0.4, -0.2) is 17.0 Å². The summed E-state index contributed by atoms with van der Waals surface area (Å²) in [5.74, 6) is -1.54. The molecule has 0 unspecified atom stereocenters. The molecule has 2 N–H and O–H groups in total. The van der Waals surface area contributed by atoms with Gasteiger partial charge in [0.2, 0.25) is 5.91 Å². The number of benzene rings is 1. The fourth-order valence-electron chi connectivity index (χ4n) is 1.32. The smallest absolute Gasteiger partial charge is 0.416 e. The number of carboxylic acid groups (broad SMARTS) is 1. The van der Waals surface area contributed by atoms with Crippen LogP contribution in [0.25, 0.3) is 0 Å². The molecular weight excluding hydrogens is 263 g/mol. The number of hydrogen-bond donors (Lipinski definition) is 2. The number of alkyl halides is 3. The quantitative estimate of drug-likeness (QED) is 0.865. The average molecular weight is 275 g/mol. The van der Waals surface area contributed by atoms with Gasteiger partial charge in [0, 0.05) is 13.0 Å². The van der Waals surface area contributed by atoms with Gasteiger partial charge >= 0.3 is 12.1 Å². The SMILES string of the molecule is O=C(O)CCC(=O)NCc1ccc(C(F)(F)F)cc1. The average Bonchev–Trinajstić information content (AvgIpc) is 2.33. The number of carbonyl (C=O) groups excluding carboxylic acids is 1. The standard InChI is InChI=1S/C12H12F3NO3/c13-12(14,15)9-3-1-8(2-4-9)7-16-10(17)5-6-11(18)19/h1-4H,5-7H2,(H,16,17)(H,18,19). The number of aliphatic carboxylic acids is 1. The molecule has 0 atom stereocenters. The summed E-state index contributed by atoms with van der Waals surface area (Å²) in [5, 5.41) is 10.8. The van der Waals surface area contributed by atoms with E-state index in [-0.39, 0.29) is 19.4 Å². The molecule has 0 aromatic heterocycles. The number of amides is 1. The predicted molar refractivity (Wildman–Crippen MR) is 60.2 cm³/mol. The van der Waals surface area contributed by atoms with Crippen molar-refractivity contribution in [2.75, 3.05) is 0 Å². The maximum absolute atomic E-state index is 12.3. The highest BCUT2D eigenvalue weighted by Gasteiger charge is 2.29. The minimum atomic E-state index is -4.39. The number of carbonyl (C=O) groups is 2. The molecule has 104 valence electrons. The van der Waals surface area contributed by atoms with Crippen LogP contribution in [0.15, 0.2) is 24.3 Å². The monoisotopic (exact) mass is 275 g/mol. The van der Waals surface area contributed by atoms with E-state index in [1.165, 1.54) is 12.1 Å². The predicted octanol–water partition coefficient (Wildman–Crippen LogP) is 2.19. The van der Waals surface area contributed by atoms with Gasteiger partial charge in [-0.1, -0.05) is 12.1 Å². The molecule has 0 saturated carbocycles. The summed E-state index contributed by atoms with van der Waals surface area (Å²) in [7, 11) is 0. The summed E-state index contributed by atoms with van der Waals surface area (Å²) in [4.78, 5) is 21.4. The highest BCUT2D eigenvalue weighted by atomic mass is 19.4. The van der Waals surface area contributed by atoms with Gasteiger partial charge in [-0.2, -0.15) is 13.2 Å². The first-order chi connectivity index (χ1) is 8.79. The first kappa shape index (κ1) is 15.0. The molecule has 0 bridgehead atoms. The minimum Gasteiger partial charge on any atom is -0.481 e. The molecule has 0 aliphatic heterocycles. The number of carboxylic acids is 1. The summed E-state index contributed by atoms with van der Waals surface area (Å²) in [6, 6.07) is 4.39. The summed E-state index contributed by atoms with van der Waals surface area (Å²) >= 11 is 0. The topological polar surface area (TPSA) is 66.4 Å². The normalized spacial score (nSPS) is 11.1. The van der Waals surface area contributed by atoms with Gasteiger partial charge in [-0.3, -0.25) is 9.59 Å². The first-order valence-corrected chi connectivity index (χ1v) is 5.43. The zero-order valence-corrected chi connectivity index (χ0v) is 9.83. The van der Waals surface area contributed by atoms with E-state index in [1.807, 2.05) is 0 Å². The third-order valence-corrected chi connectivity index (χ3v) is 2.34. The maximum Gasteiger partial charge on any atom is 0.416 e. The third kappa shape index (κ3) is 5.41. The second-order valence-electron chi connectivity index (χ2n) is 3.87. The molecule has 19 heavy (non-hydrogen) atoms. The summed E-state index contributed by atoms with van der Waals surface area (Å²) in [6.45, 7) is 0.0661. The Morgan fingerprint density at radius 3 is 2.16 bits per heavy atom. The zero-order chi connectivity index (χ0) is 14.5. The van der Waals surface area contributed by atoms with Crippen LogP contribution in [0.4, 0.5) is 13.2 Å². The van der Waals surface area contributed by atoms with Gasteiger partial charge < -0.3 is 10.4 Å². The van der Waals surface area contributed by atoms with Crippen LogP contribution in [0.1, 0.15) is 24.0 Å². The van der Waals surface area contributed by atoms with Crippen LogP contribution in [0, 0.1) is 0 Å². The van der Waals surface area contributed by atoms with Gasteiger partial charge in [0.05, 0.1) is 12.0 Å². The molecule has 0 saturated heterocycles. The molecule has 0 heterocycles. The number of halogens is 3. The highest BCUT2D eigenvalue weighted by Crippen LogP contribution is 2.28. The van der Waals surface area contributed by atoms with E-state index in [4.69, 9.17) is 5.11 Å². The summed E-state index contributed by atoms with van der Waals surface area (Å²) in [5.41, 5.74) is -0.245. The fourth-order valence-corrected chi connectivity index (χ4v) is 1.32. The van der Waals surface area contributed by atoms with Crippen molar-refractivity contribution in [3.05, 3.63) is 35.4 Å². The Morgan fingerprint density at radius 1 is 1.11 bits per heavy atom. The number of hydrogen-bond acceptors (Lipinski definition) is 2. The molecule has 0 aliphatic carbocycles. The fraction of sp³-hybridized carbons (Fsp3) is 0.333. The van der Waals surface area contributed by atoms with Crippen molar-refractivity contribution in [1.29, 1.82) is 0 Å². The molecule has 0 aliphatic rings. The van der Waals surface area contributed by atoms with E-state index >= 15 is 0 Å². The van der Waals surface area contributed by atoms with Gasteiger partial charge in [-0.25, -0.2) is 0 Å². The van der Waals surface area contributed by atoms with E-state index in [0.717, 1.165) is 12.1 Å². The van der Waals surface area contributed by atoms with Crippen molar-refractivity contribution < 1.29 is 27.9 Å². The van der Waals surface area contributed by atoms with Gasteiger partial charge in [-0.05, 0) is 17.7 Å². The van der Waals surface area contributed by atoms with Crippen molar-refractivity contribution in [3.8, 4) is 0 Å². The van der Waals surface area contributed by atoms with E-state index < -0.39 is 23.6 Å². The molecule has 1 aromatic carbocycles. The van der Waals surface area contributed by atoms with E-state index in [0.29, 0.717) is 5.56 Å². The van der Waals surface area contributed by atoms with Crippen LogP contribution in [0.3, 0.4) is 0 Å². The van der Waals surface area contributed by atoms with Crippen molar-refractivity contribution in [2.24, 2.45) is 0 Å². The Kier molecular flexibility index (Phi) is 4.91. The highest BCUT2D eigenvalue weighted by molar-refractivity contribution is 5.80. The summed E-state index contributed by atoms with van der Waals surface area (Å²) < 4.78 is 36.9. The Bertz CT molecular complexity index is 454. The Morgan fingerprint density at radius 2 is 1.68 bits per heavy atom. The lowest BCUT2D eigenvalue weighted by molar-refractivity contribution is -0.139. The van der Waals surface area contributed by atoms with Gasteiger partial charge in [0.1, 0.15) is 0 Å². The van der Waals surface area contributed by atoms with Crippen LogP contribution in [0.5, 0.6) is 0 Å². The molecule has 0 radical (unpaired) electrons. The lowest BCUT2D eigenvalue weighted by Crippen LogP contribution is -2.23. The molecule has 0 fully saturated rings. The van der Waals surface area contributed by atoms with Crippen LogP contribution >= 0.6 is 0 Å². The Labute approximate surface area is 107 Å². The zero-order valence-electron chi connectivity index (χ0n) is 9.83. The lowest BCUT2D eigenvalue weighted by Gasteiger charge is -2.08. The second kappa shape index (κ2) is 6.21. The van der Waals surface area contributed by atoms with Crippen molar-refractivity contribution in [1.82, 2.24) is 5.32 Å². The minimum absolute atomic E-state index is 0.0661. The van der Waals surface area contributed by atoms with Gasteiger partial charge in [-0.15, -0.1) is 0 Å². The van der Waals surface area contributed by atoms with Crippen LogP contribution in [-0.2, 0) is 22.3 Å². The molecule has 7 heteroatoms. The first-order valence-electron chi connectivity index (χ1n) is 5.43. The molecule has 0 spiro atoms. The van der Waals surface area contributed by atoms with Gasteiger partial charge in [0.25, 0.3) is 0 Å². The van der Waals surface area contributed by atoms with Crippen LogP contribution in [0.2, 0.25) is 0 Å². The molecule has 4 nitrogen and oxygen atoms in total. The van der Waals surface area contributed by atoms with E-state index in [1.54, 1.807) is 0 Å². The van der Waals surface area contributed by atoms with E-state index in [2.05, 4.69) is 5.32 Å². The van der Waals surface area contributed by atoms with Crippen molar-refractivity contribution in [3.63, 3.8) is 0 Å². The van der Waals surface area contributed by atoms with Crippen molar-refractivity contribution >= 4 is 11.9 Å². The molecule has 1 rings (SSSR count). The van der Waals surface area contributed by atoms with E-state index in [9.17, 15) is 22.8 Å². The second-order valence-corrected chi connectivity index (χ2v) is 3.87. The number of nitrogens with one attached hydrogen (secondary N) is 1. The van der Waals surface area contributed by atoms with Crippen LogP contribution < -0.4 is 5.32 Å².